The van der Waals surface area contributed by atoms with Crippen molar-refractivity contribution in [2.45, 2.75) is 18.0 Å². The van der Waals surface area contributed by atoms with E-state index in [1.165, 1.54) is 6.07 Å². The van der Waals surface area contributed by atoms with Crippen molar-refractivity contribution >= 4 is 33.6 Å². The average Bonchev–Trinajstić information content (AvgIpc) is 3.05. The van der Waals surface area contributed by atoms with Gasteiger partial charge in [-0.1, -0.05) is 46.3 Å². The highest BCUT2D eigenvalue weighted by Crippen LogP contribution is 2.38. The van der Waals surface area contributed by atoms with Gasteiger partial charge in [0.05, 0.1) is 12.0 Å². The number of carbonyl (C=O) groups excluding carboxylic acids is 1. The van der Waals surface area contributed by atoms with Gasteiger partial charge in [0.2, 0.25) is 5.91 Å². The van der Waals surface area contributed by atoms with E-state index in [1.807, 2.05) is 24.3 Å². The third kappa shape index (κ3) is 4.39. The molecule has 1 amide bonds. The number of thioether (sulfide) groups is 1. The molecule has 25 heavy (non-hydrogen) atoms. The van der Waals surface area contributed by atoms with Crippen LogP contribution in [0.3, 0.4) is 0 Å². The monoisotopic (exact) mass is 429 g/mol. The van der Waals surface area contributed by atoms with Gasteiger partial charge in [0.1, 0.15) is 5.37 Å². The van der Waals surface area contributed by atoms with Crippen LogP contribution in [-0.2, 0) is 17.4 Å². The summed E-state index contributed by atoms with van der Waals surface area (Å²) in [6.07, 6.45) is -4.43. The van der Waals surface area contributed by atoms with Crippen LogP contribution < -0.4 is 0 Å². The predicted octanol–water partition coefficient (Wildman–Crippen LogP) is 5.28. The highest BCUT2D eigenvalue weighted by molar-refractivity contribution is 9.10. The zero-order valence-corrected chi connectivity index (χ0v) is 15.5. The number of hydrogen-bond acceptors (Lipinski definition) is 2. The maximum absolute atomic E-state index is 12.8. The highest BCUT2D eigenvalue weighted by atomic mass is 79.9. The molecule has 7 heteroatoms. The summed E-state index contributed by atoms with van der Waals surface area (Å²) in [5.74, 6) is 0.659. The van der Waals surface area contributed by atoms with E-state index >= 15 is 0 Å². The van der Waals surface area contributed by atoms with Crippen molar-refractivity contribution in [3.8, 4) is 0 Å². The van der Waals surface area contributed by atoms with E-state index in [0.717, 1.165) is 27.9 Å². The fourth-order valence-electron chi connectivity index (χ4n) is 2.76. The van der Waals surface area contributed by atoms with Crippen molar-refractivity contribution in [3.63, 3.8) is 0 Å². The third-order valence-corrected chi connectivity index (χ3v) is 5.77. The molecule has 0 bridgehead atoms. The molecule has 132 valence electrons. The summed E-state index contributed by atoms with van der Waals surface area (Å²) in [6.45, 7) is 0.600. The van der Waals surface area contributed by atoms with Crippen LogP contribution in [0.15, 0.2) is 53.0 Å². The van der Waals surface area contributed by atoms with Gasteiger partial charge in [0, 0.05) is 16.8 Å². The minimum Gasteiger partial charge on any atom is -0.325 e. The summed E-state index contributed by atoms with van der Waals surface area (Å²) >= 11 is 5.05. The normalized spacial score (nSPS) is 17.8. The number of amides is 1. The van der Waals surface area contributed by atoms with E-state index in [9.17, 15) is 18.0 Å². The third-order valence-electron chi connectivity index (χ3n) is 3.98. The molecule has 0 spiro atoms. The van der Waals surface area contributed by atoms with Crippen molar-refractivity contribution in [2.75, 3.05) is 12.3 Å². The van der Waals surface area contributed by atoms with E-state index in [0.29, 0.717) is 12.1 Å². The van der Waals surface area contributed by atoms with Crippen LogP contribution in [0, 0.1) is 0 Å². The zero-order chi connectivity index (χ0) is 18.0. The number of alkyl halides is 3. The first-order valence-electron chi connectivity index (χ1n) is 7.67. The summed E-state index contributed by atoms with van der Waals surface area (Å²) < 4.78 is 39.4. The first kappa shape index (κ1) is 18.3. The summed E-state index contributed by atoms with van der Waals surface area (Å²) in [7, 11) is 0. The molecule has 1 unspecified atom stereocenters. The Balaban J connectivity index is 1.75. The Morgan fingerprint density at radius 1 is 1.20 bits per heavy atom. The molecule has 1 fully saturated rings. The van der Waals surface area contributed by atoms with Crippen molar-refractivity contribution in [1.29, 1.82) is 0 Å². The Morgan fingerprint density at radius 3 is 2.60 bits per heavy atom. The standard InChI is InChI=1S/C18H15BrF3NOS/c19-15-6-4-13(5-7-15)17-23(8-9-25-17)16(24)11-12-2-1-3-14(10-12)18(20,21)22/h1-7,10,17H,8-9,11H2. The zero-order valence-electron chi connectivity index (χ0n) is 13.1. The van der Waals surface area contributed by atoms with Crippen LogP contribution in [0.2, 0.25) is 0 Å². The van der Waals surface area contributed by atoms with Crippen LogP contribution in [0.25, 0.3) is 0 Å². The fraction of sp³-hybridized carbons (Fsp3) is 0.278. The summed E-state index contributed by atoms with van der Waals surface area (Å²) in [4.78, 5) is 14.4. The van der Waals surface area contributed by atoms with Gasteiger partial charge in [-0.05, 0) is 29.3 Å². The van der Waals surface area contributed by atoms with E-state index in [-0.39, 0.29) is 17.7 Å². The van der Waals surface area contributed by atoms with Gasteiger partial charge in [-0.2, -0.15) is 13.2 Å². The number of carbonyl (C=O) groups is 1. The Kier molecular flexibility index (Phi) is 5.43. The number of hydrogen-bond donors (Lipinski definition) is 0. The Bertz CT molecular complexity index is 764. The summed E-state index contributed by atoms with van der Waals surface area (Å²) in [6, 6.07) is 12.7. The van der Waals surface area contributed by atoms with E-state index in [2.05, 4.69) is 15.9 Å². The van der Waals surface area contributed by atoms with Crippen molar-refractivity contribution in [1.82, 2.24) is 4.90 Å². The van der Waals surface area contributed by atoms with Crippen LogP contribution in [-0.4, -0.2) is 23.1 Å². The molecule has 0 radical (unpaired) electrons. The van der Waals surface area contributed by atoms with Crippen LogP contribution in [0.1, 0.15) is 22.1 Å². The largest absolute Gasteiger partial charge is 0.416 e. The minimum absolute atomic E-state index is 0.0302. The lowest BCUT2D eigenvalue weighted by molar-refractivity contribution is -0.138. The molecule has 0 N–H and O–H groups in total. The molecule has 2 aromatic rings. The van der Waals surface area contributed by atoms with E-state index in [1.54, 1.807) is 22.7 Å². The Hall–Kier alpha value is -1.47. The SMILES string of the molecule is O=C(Cc1cccc(C(F)(F)F)c1)N1CCSC1c1ccc(Br)cc1. The van der Waals surface area contributed by atoms with Gasteiger partial charge < -0.3 is 4.90 Å². The molecule has 3 rings (SSSR count). The van der Waals surface area contributed by atoms with E-state index < -0.39 is 11.7 Å². The number of benzene rings is 2. The van der Waals surface area contributed by atoms with Gasteiger partial charge in [0.25, 0.3) is 0 Å². The molecule has 1 heterocycles. The van der Waals surface area contributed by atoms with Crippen molar-refractivity contribution in [3.05, 3.63) is 69.7 Å². The van der Waals surface area contributed by atoms with Crippen LogP contribution >= 0.6 is 27.7 Å². The maximum atomic E-state index is 12.8. The van der Waals surface area contributed by atoms with E-state index in [4.69, 9.17) is 0 Å². The second-order valence-corrected chi connectivity index (χ2v) is 7.84. The quantitative estimate of drug-likeness (QED) is 0.660. The smallest absolute Gasteiger partial charge is 0.325 e. The highest BCUT2D eigenvalue weighted by Gasteiger charge is 2.32. The Morgan fingerprint density at radius 2 is 1.92 bits per heavy atom. The molecular formula is C18H15BrF3NOS. The molecule has 2 nitrogen and oxygen atoms in total. The first-order chi connectivity index (χ1) is 11.8. The van der Waals surface area contributed by atoms with Crippen molar-refractivity contribution in [2.24, 2.45) is 0 Å². The maximum Gasteiger partial charge on any atom is 0.416 e. The predicted molar refractivity (Wildman–Crippen MR) is 96.2 cm³/mol. The van der Waals surface area contributed by atoms with Gasteiger partial charge in [-0.25, -0.2) is 0 Å². The second kappa shape index (κ2) is 7.41. The van der Waals surface area contributed by atoms with Gasteiger partial charge in [-0.3, -0.25) is 4.79 Å². The lowest BCUT2D eigenvalue weighted by atomic mass is 10.1. The minimum atomic E-state index is -4.40. The second-order valence-electron chi connectivity index (χ2n) is 5.74. The van der Waals surface area contributed by atoms with Crippen molar-refractivity contribution < 1.29 is 18.0 Å². The number of halogens is 4. The summed E-state index contributed by atoms with van der Waals surface area (Å²) in [5.41, 5.74) is 0.674. The molecular weight excluding hydrogens is 415 g/mol. The van der Waals surface area contributed by atoms with Gasteiger partial charge in [-0.15, -0.1) is 11.8 Å². The molecule has 1 aliphatic heterocycles. The lowest BCUT2D eigenvalue weighted by Gasteiger charge is -2.24. The van der Waals surface area contributed by atoms with Crippen LogP contribution in [0.4, 0.5) is 13.2 Å². The number of nitrogens with zero attached hydrogens (tertiary/aromatic N) is 1. The topological polar surface area (TPSA) is 20.3 Å². The first-order valence-corrected chi connectivity index (χ1v) is 9.51. The molecule has 0 aliphatic carbocycles. The fourth-order valence-corrected chi connectivity index (χ4v) is 4.30. The van der Waals surface area contributed by atoms with Crippen LogP contribution in [0.5, 0.6) is 0 Å². The molecule has 0 saturated carbocycles. The molecule has 1 saturated heterocycles. The Labute approximate surface area is 156 Å². The molecule has 0 aromatic heterocycles. The summed E-state index contributed by atoms with van der Waals surface area (Å²) in [5, 5.41) is -0.0913. The molecule has 1 atom stereocenters. The lowest BCUT2D eigenvalue weighted by Crippen LogP contribution is -2.31. The molecule has 2 aromatic carbocycles. The molecule has 1 aliphatic rings. The van der Waals surface area contributed by atoms with Gasteiger partial charge in [0.15, 0.2) is 0 Å². The van der Waals surface area contributed by atoms with Gasteiger partial charge >= 0.3 is 6.18 Å². The average molecular weight is 430 g/mol. The number of rotatable bonds is 3.